The molecule has 17 heavy (non-hydrogen) atoms. The summed E-state index contributed by atoms with van der Waals surface area (Å²) in [5.74, 6) is 6.59. The molecule has 0 unspecified atom stereocenters. The summed E-state index contributed by atoms with van der Waals surface area (Å²) in [5.41, 5.74) is 3.42. The van der Waals surface area contributed by atoms with Gasteiger partial charge in [-0.3, -0.25) is 0 Å². The third-order valence-corrected chi connectivity index (χ3v) is 3.00. The second-order valence-corrected chi connectivity index (χ2v) is 4.63. The molecule has 0 saturated heterocycles. The molecule has 0 amide bonds. The van der Waals surface area contributed by atoms with Gasteiger partial charge in [-0.1, -0.05) is 19.9 Å². The predicted molar refractivity (Wildman–Crippen MR) is 68.6 cm³/mol. The number of nitrogens with two attached hydrogens (primary N) is 1. The van der Waals surface area contributed by atoms with Crippen molar-refractivity contribution in [1.82, 2.24) is 9.55 Å². The van der Waals surface area contributed by atoms with Crippen molar-refractivity contribution in [3.63, 3.8) is 0 Å². The maximum Gasteiger partial charge on any atom is 0.112 e. The molecule has 2 aromatic rings. The molecule has 4 heteroatoms. The summed E-state index contributed by atoms with van der Waals surface area (Å²) < 4.78 is 2.16. The number of nitrogens with zero attached hydrogens (tertiary/aromatic N) is 2. The van der Waals surface area contributed by atoms with Crippen molar-refractivity contribution in [1.29, 1.82) is 0 Å². The number of rotatable bonds is 4. The number of aryl methyl sites for hydroxylation is 1. The summed E-state index contributed by atoms with van der Waals surface area (Å²) in [4.78, 5) is 9.27. The van der Waals surface area contributed by atoms with Gasteiger partial charge in [0.1, 0.15) is 5.82 Å². The predicted octanol–water partition coefficient (Wildman–Crippen LogP) is 2.13. The molecule has 1 aromatic heterocycles. The van der Waals surface area contributed by atoms with Crippen LogP contribution in [0.4, 0.5) is 0 Å². The number of hydrogen-bond donors (Lipinski definition) is 1. The molecule has 2 rings (SSSR count). The highest BCUT2D eigenvalue weighted by molar-refractivity contribution is 5.77. The van der Waals surface area contributed by atoms with Crippen molar-refractivity contribution >= 4 is 11.0 Å². The van der Waals surface area contributed by atoms with Crippen molar-refractivity contribution < 1.29 is 4.84 Å². The Labute approximate surface area is 101 Å². The molecular formula is C13H19N3O. The van der Waals surface area contributed by atoms with E-state index in [0.29, 0.717) is 12.5 Å². The minimum atomic E-state index is 0.434. The zero-order valence-corrected chi connectivity index (χ0v) is 10.6. The first-order chi connectivity index (χ1) is 8.13. The third kappa shape index (κ3) is 2.33. The van der Waals surface area contributed by atoms with Gasteiger partial charge in [0.15, 0.2) is 0 Å². The van der Waals surface area contributed by atoms with Gasteiger partial charge in [0, 0.05) is 13.0 Å². The Balaban J connectivity index is 2.41. The lowest BCUT2D eigenvalue weighted by molar-refractivity contribution is 0.141. The van der Waals surface area contributed by atoms with E-state index < -0.39 is 0 Å². The smallest absolute Gasteiger partial charge is 0.112 e. The Morgan fingerprint density at radius 3 is 2.82 bits per heavy atom. The number of imidazole rings is 1. The third-order valence-electron chi connectivity index (χ3n) is 3.00. The van der Waals surface area contributed by atoms with E-state index in [2.05, 4.69) is 53.5 Å². The Kier molecular flexibility index (Phi) is 3.45. The summed E-state index contributed by atoms with van der Waals surface area (Å²) in [6, 6.07) is 6.33. The lowest BCUT2D eigenvalue weighted by atomic mass is 10.1. The molecule has 4 nitrogen and oxygen atoms in total. The van der Waals surface area contributed by atoms with Crippen LogP contribution < -0.4 is 5.90 Å². The zero-order chi connectivity index (χ0) is 12.4. The topological polar surface area (TPSA) is 53.1 Å². The average Bonchev–Trinajstić information content (AvgIpc) is 2.64. The van der Waals surface area contributed by atoms with E-state index in [1.807, 2.05) is 0 Å². The number of aromatic nitrogens is 2. The molecule has 0 aliphatic carbocycles. The summed E-state index contributed by atoms with van der Waals surface area (Å²) in [6.45, 7) is 4.85. The fourth-order valence-corrected chi connectivity index (χ4v) is 2.11. The van der Waals surface area contributed by atoms with Crippen LogP contribution in [0.5, 0.6) is 0 Å². The van der Waals surface area contributed by atoms with Gasteiger partial charge in [0.2, 0.25) is 0 Å². The molecule has 0 aliphatic heterocycles. The van der Waals surface area contributed by atoms with E-state index in [1.54, 1.807) is 0 Å². The molecular weight excluding hydrogens is 214 g/mol. The van der Waals surface area contributed by atoms with E-state index in [4.69, 9.17) is 5.90 Å². The largest absolute Gasteiger partial charge is 0.331 e. The second kappa shape index (κ2) is 4.85. The fraction of sp³-hybridized carbons (Fsp3) is 0.462. The van der Waals surface area contributed by atoms with Crippen LogP contribution in [0.1, 0.15) is 31.2 Å². The second-order valence-electron chi connectivity index (χ2n) is 4.63. The molecule has 2 N–H and O–H groups in total. The Morgan fingerprint density at radius 1 is 1.41 bits per heavy atom. The van der Waals surface area contributed by atoms with E-state index >= 15 is 0 Å². The van der Waals surface area contributed by atoms with Gasteiger partial charge in [-0.15, -0.1) is 0 Å². The lowest BCUT2D eigenvalue weighted by Crippen LogP contribution is -2.03. The molecule has 92 valence electrons. The van der Waals surface area contributed by atoms with Crippen molar-refractivity contribution in [2.75, 3.05) is 6.61 Å². The number of fused-ring (bicyclic) bond motifs is 1. The van der Waals surface area contributed by atoms with E-state index in [1.165, 1.54) is 11.1 Å². The first-order valence-electron chi connectivity index (χ1n) is 5.90. The van der Waals surface area contributed by atoms with Crippen LogP contribution in [0.3, 0.4) is 0 Å². The van der Waals surface area contributed by atoms with Crippen LogP contribution in [0.2, 0.25) is 0 Å². The van der Waals surface area contributed by atoms with Crippen molar-refractivity contribution in [2.45, 2.75) is 26.2 Å². The maximum atomic E-state index is 5.04. The Morgan fingerprint density at radius 2 is 2.18 bits per heavy atom. The molecule has 0 saturated carbocycles. The first kappa shape index (κ1) is 12.1. The van der Waals surface area contributed by atoms with Crippen LogP contribution in [0, 0.1) is 0 Å². The molecule has 0 atom stereocenters. The highest BCUT2D eigenvalue weighted by atomic mass is 16.6. The van der Waals surface area contributed by atoms with E-state index in [0.717, 1.165) is 17.8 Å². The van der Waals surface area contributed by atoms with Crippen LogP contribution >= 0.6 is 0 Å². The van der Waals surface area contributed by atoms with Crippen molar-refractivity contribution in [2.24, 2.45) is 12.9 Å². The van der Waals surface area contributed by atoms with Gasteiger partial charge in [-0.25, -0.2) is 10.9 Å². The lowest BCUT2D eigenvalue weighted by Gasteiger charge is -2.04. The molecule has 0 spiro atoms. The molecule has 0 aliphatic rings. The summed E-state index contributed by atoms with van der Waals surface area (Å²) in [5, 5.41) is 0. The maximum absolute atomic E-state index is 5.04. The molecule has 0 bridgehead atoms. The highest BCUT2D eigenvalue weighted by Crippen LogP contribution is 2.21. The van der Waals surface area contributed by atoms with Gasteiger partial charge in [0.05, 0.1) is 17.6 Å². The normalized spacial score (nSPS) is 11.6. The number of hydrogen-bond acceptors (Lipinski definition) is 3. The molecule has 1 heterocycles. The van der Waals surface area contributed by atoms with Gasteiger partial charge in [-0.05, 0) is 24.1 Å². The highest BCUT2D eigenvalue weighted by Gasteiger charge is 2.10. The Hall–Kier alpha value is -1.39. The fourth-order valence-electron chi connectivity index (χ4n) is 2.11. The van der Waals surface area contributed by atoms with Gasteiger partial charge in [-0.2, -0.15) is 0 Å². The van der Waals surface area contributed by atoms with Gasteiger partial charge in [0.25, 0.3) is 0 Å². The zero-order valence-electron chi connectivity index (χ0n) is 10.6. The van der Waals surface area contributed by atoms with Crippen molar-refractivity contribution in [3.05, 3.63) is 29.6 Å². The summed E-state index contributed by atoms with van der Waals surface area (Å²) in [7, 11) is 2.06. The summed E-state index contributed by atoms with van der Waals surface area (Å²) >= 11 is 0. The quantitative estimate of drug-likeness (QED) is 0.823. The molecule has 1 aromatic carbocycles. The first-order valence-corrected chi connectivity index (χ1v) is 5.90. The Bertz CT molecular complexity index is 517. The average molecular weight is 233 g/mol. The van der Waals surface area contributed by atoms with Gasteiger partial charge >= 0.3 is 0 Å². The monoisotopic (exact) mass is 233 g/mol. The minimum absolute atomic E-state index is 0.434. The van der Waals surface area contributed by atoms with E-state index in [9.17, 15) is 0 Å². The van der Waals surface area contributed by atoms with Crippen LogP contribution in [0.15, 0.2) is 18.2 Å². The van der Waals surface area contributed by atoms with Crippen LogP contribution in [0.25, 0.3) is 11.0 Å². The standard InChI is InChI=1S/C13H19N3O/c1-9(2)13-15-11-8-10(6-7-17-14)4-5-12(11)16(13)3/h4-5,8-9H,6-7,14H2,1-3H3. The number of benzene rings is 1. The molecule has 0 radical (unpaired) electrons. The minimum Gasteiger partial charge on any atom is -0.331 e. The van der Waals surface area contributed by atoms with Crippen LogP contribution in [-0.4, -0.2) is 16.2 Å². The molecule has 0 fully saturated rings. The SMILES string of the molecule is CC(C)c1nc2cc(CCON)ccc2n1C. The van der Waals surface area contributed by atoms with Crippen LogP contribution in [-0.2, 0) is 18.3 Å². The van der Waals surface area contributed by atoms with Crippen molar-refractivity contribution in [3.8, 4) is 0 Å². The van der Waals surface area contributed by atoms with Gasteiger partial charge < -0.3 is 9.40 Å². The summed E-state index contributed by atoms with van der Waals surface area (Å²) in [6.07, 6.45) is 0.819. The van der Waals surface area contributed by atoms with E-state index in [-0.39, 0.29) is 0 Å².